The first-order chi connectivity index (χ1) is 10.6. The average molecular weight is 303 g/mol. The summed E-state index contributed by atoms with van der Waals surface area (Å²) in [6.45, 7) is 8.76. The minimum Gasteiger partial charge on any atom is -0.370 e. The van der Waals surface area contributed by atoms with Gasteiger partial charge in [-0.05, 0) is 36.8 Å². The van der Waals surface area contributed by atoms with Crippen LogP contribution in [0, 0.1) is 5.41 Å². The van der Waals surface area contributed by atoms with Crippen molar-refractivity contribution in [1.29, 1.82) is 0 Å². The molecule has 1 aliphatic rings. The fraction of sp³-hybridized carbons (Fsp3) is 0.647. The van der Waals surface area contributed by atoms with Crippen molar-refractivity contribution in [2.75, 3.05) is 38.5 Å². The Morgan fingerprint density at radius 2 is 2.14 bits per heavy atom. The maximum absolute atomic E-state index is 4.41. The Balaban J connectivity index is 1.59. The normalized spacial score (nSPS) is 17.6. The molecule has 0 bridgehead atoms. The third-order valence-electron chi connectivity index (χ3n) is 4.05. The molecule has 2 heterocycles. The van der Waals surface area contributed by atoms with Gasteiger partial charge in [0.25, 0.3) is 0 Å². The van der Waals surface area contributed by atoms with Crippen LogP contribution in [0.4, 0.5) is 5.82 Å². The number of aliphatic imine (C=N–C) groups is 1. The lowest BCUT2D eigenvalue weighted by atomic mass is 9.93. The molecule has 22 heavy (non-hydrogen) atoms. The summed E-state index contributed by atoms with van der Waals surface area (Å²) in [6, 6.07) is 5.92. The molecule has 5 heteroatoms. The summed E-state index contributed by atoms with van der Waals surface area (Å²) in [5.41, 5.74) is 0.407. The Labute approximate surface area is 134 Å². The molecule has 5 nitrogen and oxygen atoms in total. The van der Waals surface area contributed by atoms with E-state index in [1.165, 1.54) is 6.42 Å². The van der Waals surface area contributed by atoms with Crippen molar-refractivity contribution in [2.45, 2.75) is 33.1 Å². The molecule has 0 radical (unpaired) electrons. The maximum atomic E-state index is 4.41. The monoisotopic (exact) mass is 303 g/mol. The fourth-order valence-electron chi connectivity index (χ4n) is 2.76. The second-order valence-electron chi connectivity index (χ2n) is 6.66. The van der Waals surface area contributed by atoms with Crippen molar-refractivity contribution in [3.63, 3.8) is 0 Å². The van der Waals surface area contributed by atoms with Gasteiger partial charge in [-0.1, -0.05) is 19.9 Å². The van der Waals surface area contributed by atoms with Crippen LogP contribution in [0.15, 0.2) is 29.4 Å². The number of pyridine rings is 1. The molecule has 1 aliphatic heterocycles. The van der Waals surface area contributed by atoms with Gasteiger partial charge < -0.3 is 15.5 Å². The van der Waals surface area contributed by atoms with Gasteiger partial charge in [0.1, 0.15) is 5.82 Å². The number of hydrogen-bond donors (Lipinski definition) is 2. The van der Waals surface area contributed by atoms with E-state index in [0.717, 1.165) is 50.8 Å². The third kappa shape index (κ3) is 5.20. The molecule has 1 aromatic rings. The van der Waals surface area contributed by atoms with E-state index >= 15 is 0 Å². The molecule has 2 N–H and O–H groups in total. The van der Waals surface area contributed by atoms with Gasteiger partial charge in [-0.25, -0.2) is 4.98 Å². The molecule has 0 aliphatic carbocycles. The van der Waals surface area contributed by atoms with Crippen LogP contribution in [-0.4, -0.2) is 49.1 Å². The quantitative estimate of drug-likeness (QED) is 0.482. The number of nitrogens with one attached hydrogen (secondary N) is 2. The fourth-order valence-corrected chi connectivity index (χ4v) is 2.76. The van der Waals surface area contributed by atoms with E-state index in [2.05, 4.69) is 39.4 Å². The van der Waals surface area contributed by atoms with E-state index in [-0.39, 0.29) is 0 Å². The summed E-state index contributed by atoms with van der Waals surface area (Å²) in [4.78, 5) is 11.0. The van der Waals surface area contributed by atoms with Crippen molar-refractivity contribution in [3.8, 4) is 0 Å². The van der Waals surface area contributed by atoms with E-state index < -0.39 is 0 Å². The molecule has 1 fully saturated rings. The molecule has 1 aromatic heterocycles. The Bertz CT molecular complexity index is 469. The summed E-state index contributed by atoms with van der Waals surface area (Å²) >= 11 is 0. The highest BCUT2D eigenvalue weighted by Crippen LogP contribution is 2.28. The topological polar surface area (TPSA) is 52.6 Å². The molecule has 122 valence electrons. The van der Waals surface area contributed by atoms with Crippen LogP contribution in [0.1, 0.15) is 33.1 Å². The lowest BCUT2D eigenvalue weighted by Gasteiger charge is -2.23. The number of likely N-dealkylation sites (tertiary alicyclic amines) is 1. The van der Waals surface area contributed by atoms with Gasteiger partial charge in [0.05, 0.1) is 0 Å². The van der Waals surface area contributed by atoms with Gasteiger partial charge in [-0.2, -0.15) is 0 Å². The largest absolute Gasteiger partial charge is 0.370 e. The molecule has 1 saturated heterocycles. The minimum atomic E-state index is 0.407. The van der Waals surface area contributed by atoms with Crippen molar-refractivity contribution in [1.82, 2.24) is 15.2 Å². The van der Waals surface area contributed by atoms with E-state index in [1.807, 2.05) is 31.4 Å². The van der Waals surface area contributed by atoms with Crippen molar-refractivity contribution in [3.05, 3.63) is 24.4 Å². The molecule has 0 atom stereocenters. The zero-order valence-corrected chi connectivity index (χ0v) is 14.1. The van der Waals surface area contributed by atoms with Gasteiger partial charge in [0, 0.05) is 39.4 Å². The van der Waals surface area contributed by atoms with Crippen LogP contribution >= 0.6 is 0 Å². The summed E-state index contributed by atoms with van der Waals surface area (Å²) in [6.07, 6.45) is 5.29. The molecule has 2 rings (SSSR count). The van der Waals surface area contributed by atoms with Gasteiger partial charge in [-0.3, -0.25) is 4.99 Å². The Kier molecular flexibility index (Phi) is 6.04. The van der Waals surface area contributed by atoms with E-state index in [0.29, 0.717) is 5.41 Å². The van der Waals surface area contributed by atoms with Gasteiger partial charge in [0.2, 0.25) is 0 Å². The van der Waals surface area contributed by atoms with Crippen LogP contribution in [0.2, 0.25) is 0 Å². The standard InChI is InChI=1S/C17H29N5/c1-17(2)9-13-22(14-17)16(18-3)21-12-7-6-11-20-15-8-4-5-10-19-15/h4-5,8,10H,6-7,9,11-14H2,1-3H3,(H,18,21)(H,19,20). The predicted molar refractivity (Wildman–Crippen MR) is 93.3 cm³/mol. The first-order valence-corrected chi connectivity index (χ1v) is 8.21. The zero-order valence-electron chi connectivity index (χ0n) is 14.1. The average Bonchev–Trinajstić information content (AvgIpc) is 2.87. The first kappa shape index (κ1) is 16.6. The SMILES string of the molecule is CN=C(NCCCCNc1ccccn1)N1CCC(C)(C)C1. The second-order valence-corrected chi connectivity index (χ2v) is 6.66. The zero-order chi connectivity index (χ0) is 15.8. The van der Waals surface area contributed by atoms with E-state index in [9.17, 15) is 0 Å². The number of guanidine groups is 1. The molecule has 0 amide bonds. The molecule has 0 spiro atoms. The number of aromatic nitrogens is 1. The molecule has 0 aromatic carbocycles. The third-order valence-corrected chi connectivity index (χ3v) is 4.05. The minimum absolute atomic E-state index is 0.407. The highest BCUT2D eigenvalue weighted by Gasteiger charge is 2.30. The summed E-state index contributed by atoms with van der Waals surface area (Å²) < 4.78 is 0. The highest BCUT2D eigenvalue weighted by atomic mass is 15.3. The molecule has 0 unspecified atom stereocenters. The maximum Gasteiger partial charge on any atom is 0.193 e. The smallest absolute Gasteiger partial charge is 0.193 e. The van der Waals surface area contributed by atoms with Crippen LogP contribution in [-0.2, 0) is 0 Å². The molecule has 0 saturated carbocycles. The predicted octanol–water partition coefficient (Wildman–Crippen LogP) is 2.58. The number of unbranched alkanes of at least 4 members (excludes halogenated alkanes) is 1. The summed E-state index contributed by atoms with van der Waals surface area (Å²) in [7, 11) is 1.87. The number of anilines is 1. The Hall–Kier alpha value is -1.78. The lowest BCUT2D eigenvalue weighted by molar-refractivity contribution is 0.370. The summed E-state index contributed by atoms with van der Waals surface area (Å²) in [5, 5.41) is 6.81. The molecular weight excluding hydrogens is 274 g/mol. The van der Waals surface area contributed by atoms with Crippen LogP contribution in [0.25, 0.3) is 0 Å². The summed E-state index contributed by atoms with van der Waals surface area (Å²) in [5.74, 6) is 1.99. The number of rotatable bonds is 6. The number of hydrogen-bond acceptors (Lipinski definition) is 3. The van der Waals surface area contributed by atoms with Crippen LogP contribution < -0.4 is 10.6 Å². The Morgan fingerprint density at radius 3 is 2.77 bits per heavy atom. The van der Waals surface area contributed by atoms with Crippen LogP contribution in [0.5, 0.6) is 0 Å². The van der Waals surface area contributed by atoms with Crippen molar-refractivity contribution < 1.29 is 0 Å². The highest BCUT2D eigenvalue weighted by molar-refractivity contribution is 5.80. The van der Waals surface area contributed by atoms with Crippen molar-refractivity contribution >= 4 is 11.8 Å². The van der Waals surface area contributed by atoms with E-state index in [1.54, 1.807) is 0 Å². The number of nitrogens with zero attached hydrogens (tertiary/aromatic N) is 3. The van der Waals surface area contributed by atoms with Crippen molar-refractivity contribution in [2.24, 2.45) is 10.4 Å². The second kappa shape index (κ2) is 8.01. The van der Waals surface area contributed by atoms with Gasteiger partial charge in [-0.15, -0.1) is 0 Å². The Morgan fingerprint density at radius 1 is 1.32 bits per heavy atom. The lowest BCUT2D eigenvalue weighted by Crippen LogP contribution is -2.41. The van der Waals surface area contributed by atoms with E-state index in [4.69, 9.17) is 0 Å². The van der Waals surface area contributed by atoms with Gasteiger partial charge in [0.15, 0.2) is 5.96 Å². The first-order valence-electron chi connectivity index (χ1n) is 8.21. The van der Waals surface area contributed by atoms with Gasteiger partial charge >= 0.3 is 0 Å². The van der Waals surface area contributed by atoms with Crippen LogP contribution in [0.3, 0.4) is 0 Å². The molecular formula is C17H29N5.